The van der Waals surface area contributed by atoms with Crippen LogP contribution in [-0.4, -0.2) is 51.1 Å². The Bertz CT molecular complexity index is 563. The molecule has 2 rings (SSSR count). The molecule has 142 valence electrons. The van der Waals surface area contributed by atoms with Crippen molar-refractivity contribution < 1.29 is 9.53 Å². The number of nitrogens with one attached hydrogen (secondary N) is 2. The summed E-state index contributed by atoms with van der Waals surface area (Å²) in [6.07, 6.45) is 2.20. The van der Waals surface area contributed by atoms with Crippen LogP contribution in [0.5, 0.6) is 5.75 Å². The van der Waals surface area contributed by atoms with Gasteiger partial charge < -0.3 is 20.3 Å². The van der Waals surface area contributed by atoms with Gasteiger partial charge in [-0.3, -0.25) is 4.79 Å². The van der Waals surface area contributed by atoms with Crippen molar-refractivity contribution in [1.82, 2.24) is 15.5 Å². The lowest BCUT2D eigenvalue weighted by Gasteiger charge is -2.38. The fourth-order valence-corrected chi connectivity index (χ4v) is 3.41. The standard InChI is InChI=1S/C19H31N3O2.ClH/c1-19(2)10-7-11-20-17(19)18(23)21-13-16(22(3)4)14-8-6-9-15(12-14)24-5;/h6,8-9,12,16-17,20H,7,10-11,13H2,1-5H3,(H,21,23);1H. The highest BCUT2D eigenvalue weighted by atomic mass is 35.5. The van der Waals surface area contributed by atoms with Gasteiger partial charge >= 0.3 is 0 Å². The van der Waals surface area contributed by atoms with E-state index in [2.05, 4.69) is 35.4 Å². The van der Waals surface area contributed by atoms with Crippen LogP contribution in [-0.2, 0) is 4.79 Å². The summed E-state index contributed by atoms with van der Waals surface area (Å²) in [5.74, 6) is 0.926. The largest absolute Gasteiger partial charge is 0.497 e. The van der Waals surface area contributed by atoms with Gasteiger partial charge in [0.1, 0.15) is 5.75 Å². The number of likely N-dealkylation sites (N-methyl/N-ethyl adjacent to an activating group) is 1. The van der Waals surface area contributed by atoms with E-state index in [1.165, 1.54) is 0 Å². The average molecular weight is 370 g/mol. The van der Waals surface area contributed by atoms with Crippen LogP contribution in [0.1, 0.15) is 38.3 Å². The monoisotopic (exact) mass is 369 g/mol. The quantitative estimate of drug-likeness (QED) is 0.809. The van der Waals surface area contributed by atoms with E-state index in [0.29, 0.717) is 6.54 Å². The van der Waals surface area contributed by atoms with E-state index < -0.39 is 0 Å². The molecule has 0 spiro atoms. The van der Waals surface area contributed by atoms with E-state index in [-0.39, 0.29) is 35.8 Å². The zero-order valence-corrected chi connectivity index (χ0v) is 16.8. The first-order valence-corrected chi connectivity index (χ1v) is 8.66. The van der Waals surface area contributed by atoms with Crippen LogP contribution in [0.25, 0.3) is 0 Å². The number of nitrogens with zero attached hydrogens (tertiary/aromatic N) is 1. The summed E-state index contributed by atoms with van der Waals surface area (Å²) >= 11 is 0. The molecular formula is C19H32ClN3O2. The summed E-state index contributed by atoms with van der Waals surface area (Å²) in [4.78, 5) is 14.8. The summed E-state index contributed by atoms with van der Waals surface area (Å²) in [6, 6.07) is 8.00. The predicted octanol–water partition coefficient (Wildman–Crippen LogP) is 2.61. The first kappa shape index (κ1) is 21.7. The Kier molecular flexibility index (Phi) is 8.19. The maximum absolute atomic E-state index is 12.7. The molecule has 0 saturated carbocycles. The van der Waals surface area contributed by atoms with Crippen LogP contribution in [0.15, 0.2) is 24.3 Å². The van der Waals surface area contributed by atoms with Gasteiger partial charge in [-0.25, -0.2) is 0 Å². The third-order valence-electron chi connectivity index (χ3n) is 4.96. The molecule has 0 aromatic heterocycles. The Morgan fingerprint density at radius 1 is 1.44 bits per heavy atom. The Morgan fingerprint density at radius 3 is 2.76 bits per heavy atom. The highest BCUT2D eigenvalue weighted by Crippen LogP contribution is 2.30. The number of carbonyl (C=O) groups excluding carboxylic acids is 1. The molecule has 1 heterocycles. The number of piperidine rings is 1. The molecule has 1 fully saturated rings. The molecule has 6 heteroatoms. The highest BCUT2D eigenvalue weighted by Gasteiger charge is 2.37. The third-order valence-corrected chi connectivity index (χ3v) is 4.96. The molecule has 1 aromatic carbocycles. The number of rotatable bonds is 6. The molecule has 2 N–H and O–H groups in total. The van der Waals surface area contributed by atoms with Gasteiger partial charge in [0, 0.05) is 6.54 Å². The molecule has 1 saturated heterocycles. The minimum atomic E-state index is -0.126. The van der Waals surface area contributed by atoms with Crippen molar-refractivity contribution in [2.45, 2.75) is 38.8 Å². The second-order valence-electron chi connectivity index (χ2n) is 7.48. The highest BCUT2D eigenvalue weighted by molar-refractivity contribution is 5.85. The van der Waals surface area contributed by atoms with Gasteiger partial charge in [-0.2, -0.15) is 0 Å². The summed E-state index contributed by atoms with van der Waals surface area (Å²) in [7, 11) is 5.72. The van der Waals surface area contributed by atoms with Gasteiger partial charge in [0.25, 0.3) is 0 Å². The maximum Gasteiger partial charge on any atom is 0.237 e. The van der Waals surface area contributed by atoms with Gasteiger partial charge in [0.05, 0.1) is 19.2 Å². The van der Waals surface area contributed by atoms with E-state index in [1.54, 1.807) is 7.11 Å². The number of methoxy groups -OCH3 is 1. The summed E-state index contributed by atoms with van der Waals surface area (Å²) in [6.45, 7) is 5.81. The number of benzene rings is 1. The van der Waals surface area contributed by atoms with Crippen LogP contribution in [0.4, 0.5) is 0 Å². The fraction of sp³-hybridized carbons (Fsp3) is 0.632. The van der Waals surface area contributed by atoms with Crippen molar-refractivity contribution in [2.24, 2.45) is 5.41 Å². The van der Waals surface area contributed by atoms with Crippen LogP contribution in [0.2, 0.25) is 0 Å². The lowest BCUT2D eigenvalue weighted by molar-refractivity contribution is -0.127. The minimum Gasteiger partial charge on any atom is -0.497 e. The molecule has 1 aliphatic rings. The van der Waals surface area contributed by atoms with Gasteiger partial charge in [0.2, 0.25) is 5.91 Å². The average Bonchev–Trinajstić information content (AvgIpc) is 2.54. The number of hydrogen-bond donors (Lipinski definition) is 2. The molecule has 5 nitrogen and oxygen atoms in total. The Hall–Kier alpha value is -1.30. The van der Waals surface area contributed by atoms with Gasteiger partial charge in [0.15, 0.2) is 0 Å². The lowest BCUT2D eigenvalue weighted by Crippen LogP contribution is -2.56. The zero-order chi connectivity index (χ0) is 17.7. The molecule has 0 bridgehead atoms. The van der Waals surface area contributed by atoms with Crippen molar-refractivity contribution in [1.29, 1.82) is 0 Å². The van der Waals surface area contributed by atoms with E-state index in [1.807, 2.05) is 32.3 Å². The number of halogens is 1. The smallest absolute Gasteiger partial charge is 0.237 e. The summed E-state index contributed by atoms with van der Waals surface area (Å²) < 4.78 is 5.32. The van der Waals surface area contributed by atoms with Crippen molar-refractivity contribution >= 4 is 18.3 Å². The Balaban J connectivity index is 0.00000312. The first-order valence-electron chi connectivity index (χ1n) is 8.66. The van der Waals surface area contributed by atoms with Crippen molar-refractivity contribution in [3.05, 3.63) is 29.8 Å². The van der Waals surface area contributed by atoms with Crippen molar-refractivity contribution in [2.75, 3.05) is 34.3 Å². The Morgan fingerprint density at radius 2 is 2.16 bits per heavy atom. The normalized spacial score (nSPS) is 20.5. The molecule has 25 heavy (non-hydrogen) atoms. The third kappa shape index (κ3) is 5.59. The van der Waals surface area contributed by atoms with E-state index >= 15 is 0 Å². The molecular weight excluding hydrogens is 338 g/mol. The molecule has 2 unspecified atom stereocenters. The van der Waals surface area contributed by atoms with Gasteiger partial charge in [-0.1, -0.05) is 26.0 Å². The second kappa shape index (κ2) is 9.41. The summed E-state index contributed by atoms with van der Waals surface area (Å²) in [5.41, 5.74) is 1.13. The van der Waals surface area contributed by atoms with E-state index in [9.17, 15) is 4.79 Å². The maximum atomic E-state index is 12.7. The second-order valence-corrected chi connectivity index (χ2v) is 7.48. The van der Waals surface area contributed by atoms with Crippen LogP contribution in [0, 0.1) is 5.41 Å². The molecule has 0 aliphatic carbocycles. The number of hydrogen-bond acceptors (Lipinski definition) is 4. The lowest BCUT2D eigenvalue weighted by atomic mass is 9.77. The zero-order valence-electron chi connectivity index (χ0n) is 16.0. The van der Waals surface area contributed by atoms with E-state index in [0.717, 1.165) is 30.7 Å². The predicted molar refractivity (Wildman–Crippen MR) is 104 cm³/mol. The number of carbonyl (C=O) groups is 1. The minimum absolute atomic E-state index is 0. The summed E-state index contributed by atoms with van der Waals surface area (Å²) in [5, 5.41) is 6.52. The first-order chi connectivity index (χ1) is 11.3. The van der Waals surface area contributed by atoms with Crippen LogP contribution in [0.3, 0.4) is 0 Å². The topological polar surface area (TPSA) is 53.6 Å². The van der Waals surface area contributed by atoms with Crippen LogP contribution < -0.4 is 15.4 Å². The fourth-order valence-electron chi connectivity index (χ4n) is 3.41. The molecule has 1 aromatic rings. The molecule has 0 radical (unpaired) electrons. The SMILES string of the molecule is COc1cccc(C(CNC(=O)C2NCCCC2(C)C)N(C)C)c1.Cl. The number of ether oxygens (including phenoxy) is 1. The van der Waals surface area contributed by atoms with Gasteiger partial charge in [-0.15, -0.1) is 12.4 Å². The van der Waals surface area contributed by atoms with Crippen molar-refractivity contribution in [3.63, 3.8) is 0 Å². The van der Waals surface area contributed by atoms with Crippen LogP contribution >= 0.6 is 12.4 Å². The Labute approximate surface area is 157 Å². The van der Waals surface area contributed by atoms with Crippen molar-refractivity contribution in [3.8, 4) is 5.75 Å². The van der Waals surface area contributed by atoms with Gasteiger partial charge in [-0.05, 0) is 56.6 Å². The van der Waals surface area contributed by atoms with E-state index in [4.69, 9.17) is 4.74 Å². The molecule has 1 aliphatic heterocycles. The molecule has 1 amide bonds. The number of amides is 1. The molecule has 2 atom stereocenters.